The maximum absolute atomic E-state index is 12.6. The lowest BCUT2D eigenvalue weighted by atomic mass is 9.46. The minimum atomic E-state index is -4.28. The van der Waals surface area contributed by atoms with Crippen molar-refractivity contribution in [3.05, 3.63) is 0 Å². The number of carbonyl (C=O) groups excluding carboxylic acids is 1. The summed E-state index contributed by atoms with van der Waals surface area (Å²) >= 11 is 0. The fourth-order valence-corrected chi connectivity index (χ4v) is 3.72. The Labute approximate surface area is 122 Å². The Hall–Kier alpha value is -0.820. The molecular formula is C14H23F3N2O2. The second kappa shape index (κ2) is 5.12. The van der Waals surface area contributed by atoms with E-state index in [4.69, 9.17) is 10.5 Å². The molecule has 2 aliphatic rings. The van der Waals surface area contributed by atoms with Crippen LogP contribution in [-0.2, 0) is 9.53 Å². The number of rotatable bonds is 3. The average Bonchev–Trinajstić information content (AvgIpc) is 2.42. The van der Waals surface area contributed by atoms with Crippen molar-refractivity contribution in [2.75, 3.05) is 20.2 Å². The van der Waals surface area contributed by atoms with Crippen molar-refractivity contribution < 1.29 is 22.7 Å². The summed E-state index contributed by atoms with van der Waals surface area (Å²) in [4.78, 5) is 13.7. The molecule has 0 aromatic heterocycles. The Morgan fingerprint density at radius 2 is 2.05 bits per heavy atom. The van der Waals surface area contributed by atoms with Gasteiger partial charge in [0.2, 0.25) is 5.91 Å². The lowest BCUT2D eigenvalue weighted by Gasteiger charge is -2.65. The van der Waals surface area contributed by atoms with Gasteiger partial charge in [-0.15, -0.1) is 0 Å². The zero-order valence-electron chi connectivity index (χ0n) is 12.7. The standard InChI is InChI=1S/C14H23F3N2O2/c1-12(2)10-9(5-4-8-21-10)14(12,18)11(20)19(3)7-6-13(15,16)17/h9-10H,4-8,18H2,1-3H3. The van der Waals surface area contributed by atoms with Crippen molar-refractivity contribution >= 4 is 5.91 Å². The van der Waals surface area contributed by atoms with E-state index in [9.17, 15) is 18.0 Å². The second-order valence-electron chi connectivity index (χ2n) is 6.72. The van der Waals surface area contributed by atoms with E-state index in [1.807, 2.05) is 13.8 Å². The van der Waals surface area contributed by atoms with Crippen molar-refractivity contribution in [3.8, 4) is 0 Å². The summed E-state index contributed by atoms with van der Waals surface area (Å²) in [6, 6.07) is 0. The van der Waals surface area contributed by atoms with Crippen LogP contribution in [0.3, 0.4) is 0 Å². The molecule has 0 radical (unpaired) electrons. The molecule has 122 valence electrons. The van der Waals surface area contributed by atoms with E-state index in [1.165, 1.54) is 7.05 Å². The number of halogens is 3. The molecular weight excluding hydrogens is 285 g/mol. The van der Waals surface area contributed by atoms with Gasteiger partial charge < -0.3 is 15.4 Å². The van der Waals surface area contributed by atoms with Gasteiger partial charge in [-0.25, -0.2) is 0 Å². The molecule has 2 fully saturated rings. The lowest BCUT2D eigenvalue weighted by Crippen LogP contribution is -2.82. The number of ether oxygens (including phenoxy) is 1. The molecule has 1 aliphatic carbocycles. The fraction of sp³-hybridized carbons (Fsp3) is 0.929. The number of nitrogens with zero attached hydrogens (tertiary/aromatic N) is 1. The Morgan fingerprint density at radius 1 is 1.43 bits per heavy atom. The van der Waals surface area contributed by atoms with Gasteiger partial charge >= 0.3 is 6.18 Å². The van der Waals surface area contributed by atoms with E-state index in [0.717, 1.165) is 17.7 Å². The molecule has 1 heterocycles. The largest absolute Gasteiger partial charge is 0.390 e. The summed E-state index contributed by atoms with van der Waals surface area (Å²) in [5.41, 5.74) is 4.66. The predicted molar refractivity (Wildman–Crippen MR) is 71.5 cm³/mol. The van der Waals surface area contributed by atoms with Gasteiger partial charge in [0.1, 0.15) is 5.54 Å². The van der Waals surface area contributed by atoms with Gasteiger partial charge in [0.15, 0.2) is 0 Å². The molecule has 2 rings (SSSR count). The molecule has 0 spiro atoms. The predicted octanol–water partition coefficient (Wildman–Crippen LogP) is 1.93. The Bertz CT molecular complexity index is 425. The van der Waals surface area contributed by atoms with Gasteiger partial charge in [-0.05, 0) is 12.8 Å². The number of hydrogen-bond donors (Lipinski definition) is 1. The SMILES string of the molecule is CN(CCC(F)(F)F)C(=O)C1(N)C2CCCOC2C1(C)C. The summed E-state index contributed by atoms with van der Waals surface area (Å²) in [6.07, 6.45) is -3.77. The number of carbonyl (C=O) groups is 1. The van der Waals surface area contributed by atoms with Gasteiger partial charge in [-0.2, -0.15) is 13.2 Å². The first-order valence-corrected chi connectivity index (χ1v) is 7.24. The molecule has 21 heavy (non-hydrogen) atoms. The van der Waals surface area contributed by atoms with E-state index in [0.29, 0.717) is 6.61 Å². The molecule has 7 heteroatoms. The fourth-order valence-electron chi connectivity index (χ4n) is 3.72. The smallest absolute Gasteiger partial charge is 0.377 e. The summed E-state index contributed by atoms with van der Waals surface area (Å²) < 4.78 is 42.6. The van der Waals surface area contributed by atoms with Crippen LogP contribution in [0.2, 0.25) is 0 Å². The minimum absolute atomic E-state index is 0.0868. The number of nitrogens with two attached hydrogens (primary N) is 1. The molecule has 1 amide bonds. The highest BCUT2D eigenvalue weighted by molar-refractivity contribution is 5.89. The minimum Gasteiger partial charge on any atom is -0.377 e. The molecule has 1 saturated heterocycles. The number of fused-ring (bicyclic) bond motifs is 1. The van der Waals surface area contributed by atoms with Crippen LogP contribution in [0.25, 0.3) is 0 Å². The van der Waals surface area contributed by atoms with Crippen molar-refractivity contribution in [1.29, 1.82) is 0 Å². The van der Waals surface area contributed by atoms with E-state index in [2.05, 4.69) is 0 Å². The van der Waals surface area contributed by atoms with Crippen LogP contribution in [0.15, 0.2) is 0 Å². The first kappa shape index (κ1) is 16.5. The third-order valence-electron chi connectivity index (χ3n) is 5.12. The van der Waals surface area contributed by atoms with Crippen LogP contribution < -0.4 is 5.73 Å². The Kier molecular flexibility index (Phi) is 4.04. The molecule has 4 nitrogen and oxygen atoms in total. The second-order valence-corrected chi connectivity index (χ2v) is 6.72. The molecule has 3 unspecified atom stereocenters. The van der Waals surface area contributed by atoms with E-state index in [1.54, 1.807) is 0 Å². The third kappa shape index (κ3) is 2.54. The van der Waals surface area contributed by atoms with Gasteiger partial charge in [-0.1, -0.05) is 13.8 Å². The number of alkyl halides is 3. The zero-order valence-corrected chi connectivity index (χ0v) is 12.7. The Balaban J connectivity index is 2.10. The van der Waals surface area contributed by atoms with E-state index >= 15 is 0 Å². The molecule has 2 N–H and O–H groups in total. The van der Waals surface area contributed by atoms with E-state index in [-0.39, 0.29) is 18.6 Å². The quantitative estimate of drug-likeness (QED) is 0.867. The van der Waals surface area contributed by atoms with Crippen LogP contribution >= 0.6 is 0 Å². The highest BCUT2D eigenvalue weighted by atomic mass is 19.4. The summed E-state index contributed by atoms with van der Waals surface area (Å²) in [6.45, 7) is 4.00. The van der Waals surface area contributed by atoms with Crippen molar-refractivity contribution in [1.82, 2.24) is 4.90 Å². The molecule has 0 aromatic rings. The lowest BCUT2D eigenvalue weighted by molar-refractivity contribution is -0.230. The summed E-state index contributed by atoms with van der Waals surface area (Å²) in [5.74, 6) is -0.523. The van der Waals surface area contributed by atoms with Crippen LogP contribution in [0, 0.1) is 11.3 Å². The average molecular weight is 308 g/mol. The maximum Gasteiger partial charge on any atom is 0.390 e. The molecule has 0 aromatic carbocycles. The van der Waals surface area contributed by atoms with Crippen molar-refractivity contribution in [2.24, 2.45) is 17.1 Å². The van der Waals surface area contributed by atoms with Crippen LogP contribution in [0.4, 0.5) is 13.2 Å². The third-order valence-corrected chi connectivity index (χ3v) is 5.12. The van der Waals surface area contributed by atoms with Gasteiger partial charge in [-0.3, -0.25) is 4.79 Å². The van der Waals surface area contributed by atoms with Crippen LogP contribution in [0.5, 0.6) is 0 Å². The first-order chi connectivity index (χ1) is 9.52. The molecule has 1 aliphatic heterocycles. The first-order valence-electron chi connectivity index (χ1n) is 7.24. The summed E-state index contributed by atoms with van der Waals surface area (Å²) in [5, 5.41) is 0. The monoisotopic (exact) mass is 308 g/mol. The van der Waals surface area contributed by atoms with Crippen molar-refractivity contribution in [2.45, 2.75) is 50.9 Å². The Morgan fingerprint density at radius 3 is 2.62 bits per heavy atom. The molecule has 1 saturated carbocycles. The highest BCUT2D eigenvalue weighted by Gasteiger charge is 2.70. The molecule has 0 bridgehead atoms. The summed E-state index contributed by atoms with van der Waals surface area (Å²) in [7, 11) is 1.38. The van der Waals surface area contributed by atoms with Gasteiger partial charge in [0.05, 0.1) is 12.5 Å². The molecule has 3 atom stereocenters. The zero-order chi connectivity index (χ0) is 16.1. The van der Waals surface area contributed by atoms with E-state index < -0.39 is 29.5 Å². The maximum atomic E-state index is 12.6. The topological polar surface area (TPSA) is 55.6 Å². The van der Waals surface area contributed by atoms with Crippen molar-refractivity contribution in [3.63, 3.8) is 0 Å². The van der Waals surface area contributed by atoms with Crippen LogP contribution in [-0.4, -0.2) is 48.8 Å². The number of hydrogen-bond acceptors (Lipinski definition) is 3. The van der Waals surface area contributed by atoms with Crippen LogP contribution in [0.1, 0.15) is 33.1 Å². The highest BCUT2D eigenvalue weighted by Crippen LogP contribution is 2.57. The normalized spacial score (nSPS) is 34.8. The van der Waals surface area contributed by atoms with Gasteiger partial charge in [0, 0.05) is 31.5 Å². The van der Waals surface area contributed by atoms with Gasteiger partial charge in [0.25, 0.3) is 0 Å². The number of likely N-dealkylation sites (N-methyl/N-ethyl adjacent to an activating group) is 1. The number of amides is 1.